The fourth-order valence-electron chi connectivity index (χ4n) is 2.87. The maximum atomic E-state index is 13.8. The number of aromatic nitrogens is 3. The van der Waals surface area contributed by atoms with Gasteiger partial charge >= 0.3 is 0 Å². The van der Waals surface area contributed by atoms with E-state index >= 15 is 0 Å². The van der Waals surface area contributed by atoms with Crippen molar-refractivity contribution < 1.29 is 17.5 Å². The number of nitrogens with one attached hydrogen (secondary N) is 1. The number of allylic oxidation sites excluding steroid dienone is 3. The highest BCUT2D eigenvalue weighted by Crippen LogP contribution is 2.33. The summed E-state index contributed by atoms with van der Waals surface area (Å²) in [5.74, 6) is 0.769. The molecule has 1 aliphatic carbocycles. The maximum absolute atomic E-state index is 13.8. The molecule has 1 heterocycles. The first kappa shape index (κ1) is 23.7. The van der Waals surface area contributed by atoms with E-state index in [0.717, 1.165) is 12.8 Å². The molecule has 0 amide bonds. The van der Waals surface area contributed by atoms with E-state index < -0.39 is 15.8 Å². The van der Waals surface area contributed by atoms with Crippen LogP contribution in [0.25, 0.3) is 11.4 Å². The van der Waals surface area contributed by atoms with Crippen molar-refractivity contribution in [3.63, 3.8) is 0 Å². The highest BCUT2D eigenvalue weighted by molar-refractivity contribution is 7.89. The number of sulfonamides is 1. The second-order valence-electron chi connectivity index (χ2n) is 7.44. The van der Waals surface area contributed by atoms with Crippen LogP contribution in [0.5, 0.6) is 5.75 Å². The minimum absolute atomic E-state index is 0.150. The third-order valence-electron chi connectivity index (χ3n) is 4.63. The summed E-state index contributed by atoms with van der Waals surface area (Å²) in [7, 11) is -2.06. The molecule has 0 unspecified atom stereocenters. The van der Waals surface area contributed by atoms with Gasteiger partial charge in [-0.15, -0.1) is 0 Å². The normalized spacial score (nSPS) is 15.4. The molecule has 3 rings (SSSR count). The molecular weight excluding hydrogens is 433 g/mol. The summed E-state index contributed by atoms with van der Waals surface area (Å²) in [4.78, 5) is 17.0. The Hall–Kier alpha value is -2.98. The molecule has 0 bridgehead atoms. The van der Waals surface area contributed by atoms with E-state index in [-0.39, 0.29) is 11.7 Å². The lowest BCUT2D eigenvalue weighted by Crippen LogP contribution is -2.22. The third kappa shape index (κ3) is 7.03. The minimum atomic E-state index is -3.43. The number of nitrogens with zero attached hydrogens (tertiary/aromatic N) is 4. The summed E-state index contributed by atoms with van der Waals surface area (Å²) >= 11 is 0. The molecule has 1 aromatic carbocycles. The Morgan fingerprint density at radius 1 is 1.34 bits per heavy atom. The lowest BCUT2D eigenvalue weighted by molar-refractivity contribution is 0.299. The Morgan fingerprint density at radius 2 is 2.12 bits per heavy atom. The Morgan fingerprint density at radius 3 is 2.81 bits per heavy atom. The van der Waals surface area contributed by atoms with Crippen LogP contribution >= 0.6 is 0 Å². The van der Waals surface area contributed by atoms with Crippen LogP contribution in [0.4, 0.5) is 10.3 Å². The lowest BCUT2D eigenvalue weighted by atomic mass is 10.2. The second-order valence-corrected chi connectivity index (χ2v) is 9.37. The second kappa shape index (κ2) is 10.6. The molecule has 1 saturated carbocycles. The quantitative estimate of drug-likeness (QED) is 0.430. The van der Waals surface area contributed by atoms with Gasteiger partial charge in [-0.25, -0.2) is 27.5 Å². The first-order chi connectivity index (χ1) is 15.3. The van der Waals surface area contributed by atoms with Crippen LogP contribution in [-0.4, -0.2) is 48.5 Å². The number of hydrogen-bond donors (Lipinski definition) is 1. The third-order valence-corrected chi connectivity index (χ3v) is 5.97. The molecule has 1 aliphatic rings. The van der Waals surface area contributed by atoms with Crippen molar-refractivity contribution in [3.8, 4) is 17.1 Å². The molecule has 1 fully saturated rings. The van der Waals surface area contributed by atoms with Crippen LogP contribution in [0.15, 0.2) is 53.3 Å². The van der Waals surface area contributed by atoms with Crippen LogP contribution in [-0.2, 0) is 10.0 Å². The van der Waals surface area contributed by atoms with E-state index in [1.807, 2.05) is 0 Å². The smallest absolute Gasteiger partial charge is 0.253 e. The first-order valence-corrected chi connectivity index (χ1v) is 11.9. The van der Waals surface area contributed by atoms with Crippen molar-refractivity contribution in [2.45, 2.75) is 26.7 Å². The van der Waals surface area contributed by atoms with Crippen LogP contribution in [0.1, 0.15) is 26.7 Å². The van der Waals surface area contributed by atoms with Gasteiger partial charge in [0.15, 0.2) is 5.82 Å². The van der Waals surface area contributed by atoms with Gasteiger partial charge in [0.2, 0.25) is 10.0 Å². The van der Waals surface area contributed by atoms with Crippen molar-refractivity contribution in [1.29, 1.82) is 0 Å². The molecule has 32 heavy (non-hydrogen) atoms. The first-order valence-electron chi connectivity index (χ1n) is 10.2. The maximum Gasteiger partial charge on any atom is 0.253 e. The molecule has 1 aromatic heterocycles. The summed E-state index contributed by atoms with van der Waals surface area (Å²) in [6, 6.07) is 4.22. The average Bonchev–Trinajstić information content (AvgIpc) is 3.57. The van der Waals surface area contributed by atoms with E-state index in [4.69, 9.17) is 4.74 Å². The van der Waals surface area contributed by atoms with Crippen LogP contribution in [0, 0.1) is 11.7 Å². The Bertz CT molecular complexity index is 1160. The summed E-state index contributed by atoms with van der Waals surface area (Å²) < 4.78 is 45.6. The number of benzene rings is 1. The summed E-state index contributed by atoms with van der Waals surface area (Å²) in [6.07, 6.45) is 8.67. The van der Waals surface area contributed by atoms with Gasteiger partial charge < -0.3 is 4.74 Å². The molecule has 0 atom stereocenters. The number of ether oxygens (including phenoxy) is 1. The van der Waals surface area contributed by atoms with E-state index in [1.165, 1.54) is 25.5 Å². The predicted molar refractivity (Wildman–Crippen MR) is 122 cm³/mol. The van der Waals surface area contributed by atoms with E-state index in [2.05, 4.69) is 24.7 Å². The van der Waals surface area contributed by atoms with Crippen molar-refractivity contribution >= 4 is 21.7 Å². The van der Waals surface area contributed by atoms with Gasteiger partial charge in [0.1, 0.15) is 17.9 Å². The van der Waals surface area contributed by atoms with Gasteiger partial charge in [0.25, 0.3) is 5.95 Å². The van der Waals surface area contributed by atoms with Gasteiger partial charge in [0.05, 0.1) is 17.9 Å². The zero-order valence-electron chi connectivity index (χ0n) is 18.2. The van der Waals surface area contributed by atoms with Gasteiger partial charge in [-0.3, -0.25) is 0 Å². The number of rotatable bonds is 10. The molecule has 0 saturated heterocycles. The van der Waals surface area contributed by atoms with Gasteiger partial charge in [-0.1, -0.05) is 12.2 Å². The fraction of sp³-hybridized carbons (Fsp3) is 0.364. The van der Waals surface area contributed by atoms with Crippen LogP contribution in [0.3, 0.4) is 0 Å². The molecule has 0 aliphatic heterocycles. The van der Waals surface area contributed by atoms with E-state index in [9.17, 15) is 12.8 Å². The monoisotopic (exact) mass is 459 g/mol. The van der Waals surface area contributed by atoms with Crippen molar-refractivity contribution in [3.05, 3.63) is 54.1 Å². The topological polar surface area (TPSA) is 106 Å². The number of aliphatic imine (C=N–C) groups is 1. The van der Waals surface area contributed by atoms with Crippen molar-refractivity contribution in [2.75, 3.05) is 19.4 Å². The van der Waals surface area contributed by atoms with Gasteiger partial charge in [0, 0.05) is 11.8 Å². The highest BCUT2D eigenvalue weighted by atomic mass is 32.2. The van der Waals surface area contributed by atoms with Gasteiger partial charge in [-0.2, -0.15) is 9.97 Å². The zero-order chi connectivity index (χ0) is 23.1. The zero-order valence-corrected chi connectivity index (χ0v) is 19.1. The predicted octanol–water partition coefficient (Wildman–Crippen LogP) is 3.61. The van der Waals surface area contributed by atoms with Crippen LogP contribution in [0.2, 0.25) is 0 Å². The molecule has 10 heteroatoms. The van der Waals surface area contributed by atoms with E-state index in [1.54, 1.807) is 38.1 Å². The minimum Gasteiger partial charge on any atom is -0.492 e. The Kier molecular flexibility index (Phi) is 7.81. The van der Waals surface area contributed by atoms with Crippen LogP contribution < -0.4 is 9.46 Å². The van der Waals surface area contributed by atoms with Crippen molar-refractivity contribution in [2.24, 2.45) is 10.9 Å². The summed E-state index contributed by atoms with van der Waals surface area (Å²) in [5.41, 5.74) is 1.63. The van der Waals surface area contributed by atoms with Gasteiger partial charge in [-0.05, 0) is 63.4 Å². The number of halogens is 1. The highest BCUT2D eigenvalue weighted by Gasteiger charge is 2.23. The Labute approximate surface area is 187 Å². The molecule has 2 aromatic rings. The summed E-state index contributed by atoms with van der Waals surface area (Å²) in [5, 5.41) is 0. The molecule has 8 nitrogen and oxygen atoms in total. The average molecular weight is 460 g/mol. The lowest BCUT2D eigenvalue weighted by Gasteiger charge is -2.10. The van der Waals surface area contributed by atoms with Crippen molar-refractivity contribution in [1.82, 2.24) is 19.7 Å². The molecule has 0 spiro atoms. The molecular formula is C22H26FN5O3S. The molecule has 1 N–H and O–H groups in total. The molecule has 0 radical (unpaired) electrons. The molecule has 170 valence electrons. The number of hydrogen-bond acceptors (Lipinski definition) is 7. The van der Waals surface area contributed by atoms with E-state index in [0.29, 0.717) is 40.9 Å². The fourth-order valence-corrected chi connectivity index (χ4v) is 3.63. The Balaban J connectivity index is 1.87. The SMILES string of the molecule is CC=C/C(=C\C(C)=Nc1ncnc(-c2ccc(F)cc2OCC2CC2)n1)CS(=O)(=O)NC. The largest absolute Gasteiger partial charge is 0.492 e. The summed E-state index contributed by atoms with van der Waals surface area (Å²) in [6.45, 7) is 4.05. The standard InChI is InChI=1S/C22H26FN5O3S/c1-4-5-17(13-32(29,30)24-3)10-15(2)27-22-26-14-25-21(28-22)19-9-8-18(23)11-20(19)31-12-16-6-7-16/h4-5,8-11,14,16,24H,6-7,12-13H2,1-3H3/b5-4?,17-10+,27-15?.